The molecule has 0 aromatic heterocycles. The maximum absolute atomic E-state index is 2.48. The molecule has 0 radical (unpaired) electrons. The second-order valence-corrected chi connectivity index (χ2v) is 12.8. The first-order valence-corrected chi connectivity index (χ1v) is 15.3. The Bertz CT molecular complexity index is 1420. The van der Waals surface area contributed by atoms with E-state index in [9.17, 15) is 0 Å². The van der Waals surface area contributed by atoms with Gasteiger partial charge in [-0.25, -0.2) is 0 Å². The molecule has 0 amide bonds. The zero-order valence-corrected chi connectivity index (χ0v) is 25.1. The molecule has 4 aromatic carbocycles. The van der Waals surface area contributed by atoms with Crippen LogP contribution in [0.1, 0.15) is 57.6 Å². The van der Waals surface area contributed by atoms with Crippen LogP contribution in [-0.2, 0) is 22.8 Å². The summed E-state index contributed by atoms with van der Waals surface area (Å²) in [6, 6.07) is 38.4. The van der Waals surface area contributed by atoms with Crippen molar-refractivity contribution in [2.45, 2.75) is 29.8 Å². The average Bonchev–Trinajstić information content (AvgIpc) is 3.51. The third kappa shape index (κ3) is 5.47. The maximum atomic E-state index is 2.48. The fourth-order valence-corrected chi connectivity index (χ4v) is 10.1. The normalized spacial score (nSPS) is 14.8. The first-order chi connectivity index (χ1) is 17.3. The summed E-state index contributed by atoms with van der Waals surface area (Å²) < 4.78 is 2.09. The maximum Gasteiger partial charge on any atom is -0.147 e. The van der Waals surface area contributed by atoms with Crippen molar-refractivity contribution < 1.29 is 22.8 Å². The first-order valence-electron chi connectivity index (χ1n) is 12.7. The van der Waals surface area contributed by atoms with Crippen molar-refractivity contribution in [3.63, 3.8) is 0 Å². The minimum absolute atomic E-state index is 0. The van der Waals surface area contributed by atoms with Gasteiger partial charge in [-0.05, 0) is 0 Å². The number of benzene rings is 4. The molecule has 3 heteroatoms. The molecular weight excluding hydrogens is 571 g/mol. The van der Waals surface area contributed by atoms with Gasteiger partial charge < -0.3 is 0 Å². The number of allylic oxidation sites excluding steroid dienone is 4. The van der Waals surface area contributed by atoms with E-state index < -0.39 is 22.8 Å². The van der Waals surface area contributed by atoms with Gasteiger partial charge in [-0.15, -0.1) is 24.8 Å². The monoisotopic (exact) mass is 599 g/mol. The van der Waals surface area contributed by atoms with Crippen LogP contribution in [0.5, 0.6) is 0 Å². The molecule has 2 aliphatic rings. The van der Waals surface area contributed by atoms with Gasteiger partial charge >= 0.3 is 221 Å². The van der Waals surface area contributed by atoms with Gasteiger partial charge in [0.25, 0.3) is 0 Å². The zero-order valence-electron chi connectivity index (χ0n) is 21.0. The average molecular weight is 602 g/mol. The second-order valence-electron chi connectivity index (χ2n) is 9.44. The van der Waals surface area contributed by atoms with Crippen LogP contribution in [0.4, 0.5) is 0 Å². The molecule has 2 aliphatic carbocycles. The Morgan fingerprint density at radius 3 is 1.97 bits per heavy atom. The van der Waals surface area contributed by atoms with Crippen LogP contribution in [-0.4, -0.2) is 3.21 Å². The van der Waals surface area contributed by atoms with E-state index in [1.807, 2.05) is 0 Å². The van der Waals surface area contributed by atoms with Gasteiger partial charge in [0.1, 0.15) is 0 Å². The van der Waals surface area contributed by atoms with Gasteiger partial charge in [-0.2, -0.15) is 0 Å². The summed E-state index contributed by atoms with van der Waals surface area (Å²) in [5.74, 6) is 0. The van der Waals surface area contributed by atoms with Crippen molar-refractivity contribution in [2.75, 3.05) is 0 Å². The topological polar surface area (TPSA) is 0 Å². The fourth-order valence-electron chi connectivity index (χ4n) is 5.61. The summed E-state index contributed by atoms with van der Waals surface area (Å²) in [5, 5.41) is 0. The molecule has 185 valence electrons. The molecule has 0 spiro atoms. The van der Waals surface area contributed by atoms with E-state index in [1.54, 1.807) is 8.77 Å². The van der Waals surface area contributed by atoms with Crippen LogP contribution >= 0.6 is 24.8 Å². The molecule has 0 saturated carbocycles. The molecule has 0 N–H and O–H groups in total. The van der Waals surface area contributed by atoms with Crippen molar-refractivity contribution in [1.29, 1.82) is 0 Å². The second kappa shape index (κ2) is 12.5. The van der Waals surface area contributed by atoms with Crippen molar-refractivity contribution >= 4 is 33.6 Å². The van der Waals surface area contributed by atoms with E-state index in [4.69, 9.17) is 0 Å². The van der Waals surface area contributed by atoms with E-state index >= 15 is 0 Å². The minimum Gasteiger partial charge on any atom is -0.147 e. The fraction of sp³-hybridized carbons (Fsp3) is 0.147. The van der Waals surface area contributed by atoms with E-state index in [0.717, 1.165) is 6.42 Å². The standard InChI is InChI=1S/C21H19.C13H10.2ClH.Zr/c1-2-6-15-11-12-17(13-15)19-9-5-10-20-18-8-4-3-7-16(18)14-21(19)20;1-3-7-12(8-4-1)11-13-9-5-2-6-10-13;;;/h3-5,7-11,13-14H,2,6,12H2,1H3;1-10H;2*1H;. The Balaban J connectivity index is 0.00000160. The van der Waals surface area contributed by atoms with Crippen LogP contribution in [0.3, 0.4) is 0 Å². The molecule has 0 nitrogen and oxygen atoms in total. The van der Waals surface area contributed by atoms with Gasteiger partial charge in [-0.1, -0.05) is 0 Å². The molecule has 1 atom stereocenters. The Labute approximate surface area is 244 Å². The number of fused-ring (bicyclic) bond motifs is 3. The molecular formula is C34H31Cl2Zr. The van der Waals surface area contributed by atoms with E-state index in [-0.39, 0.29) is 24.8 Å². The van der Waals surface area contributed by atoms with Crippen LogP contribution in [0.15, 0.2) is 121 Å². The molecule has 0 aliphatic heterocycles. The van der Waals surface area contributed by atoms with Gasteiger partial charge in [0.2, 0.25) is 0 Å². The quantitative estimate of drug-likeness (QED) is 0.207. The molecule has 37 heavy (non-hydrogen) atoms. The van der Waals surface area contributed by atoms with Crippen LogP contribution in [0.25, 0.3) is 16.7 Å². The number of rotatable bonds is 6. The summed E-state index contributed by atoms with van der Waals surface area (Å²) >= 11 is -1.09. The van der Waals surface area contributed by atoms with Crippen molar-refractivity contribution in [3.05, 3.63) is 149 Å². The van der Waals surface area contributed by atoms with Crippen LogP contribution in [0, 0.1) is 0 Å². The molecule has 6 rings (SSSR count). The molecule has 4 aromatic rings. The first kappa shape index (κ1) is 27.7. The van der Waals surface area contributed by atoms with Crippen molar-refractivity contribution in [2.24, 2.45) is 0 Å². The Morgan fingerprint density at radius 2 is 1.30 bits per heavy atom. The molecule has 0 bridgehead atoms. The predicted molar refractivity (Wildman–Crippen MR) is 160 cm³/mol. The van der Waals surface area contributed by atoms with Gasteiger partial charge in [0.15, 0.2) is 0 Å². The summed E-state index contributed by atoms with van der Waals surface area (Å²) in [5.41, 5.74) is 13.3. The molecule has 1 unspecified atom stereocenters. The van der Waals surface area contributed by atoms with Gasteiger partial charge in [0.05, 0.1) is 0 Å². The van der Waals surface area contributed by atoms with E-state index in [1.165, 1.54) is 57.4 Å². The summed E-state index contributed by atoms with van der Waals surface area (Å²) in [6.07, 6.45) is 8.37. The third-order valence-electron chi connectivity index (χ3n) is 7.20. The van der Waals surface area contributed by atoms with Crippen molar-refractivity contribution in [3.8, 4) is 11.1 Å². The Kier molecular flexibility index (Phi) is 9.36. The molecule has 0 heterocycles. The largest absolute Gasteiger partial charge is 0.147 e. The zero-order chi connectivity index (χ0) is 23.6. The Morgan fingerprint density at radius 1 is 0.703 bits per heavy atom. The molecule has 0 fully saturated rings. The summed E-state index contributed by atoms with van der Waals surface area (Å²) in [4.78, 5) is 0. The number of hydrogen-bond acceptors (Lipinski definition) is 0. The van der Waals surface area contributed by atoms with Crippen LogP contribution in [0.2, 0.25) is 0 Å². The van der Waals surface area contributed by atoms with E-state index in [2.05, 4.69) is 122 Å². The van der Waals surface area contributed by atoms with Crippen molar-refractivity contribution in [1.82, 2.24) is 0 Å². The third-order valence-corrected chi connectivity index (χ3v) is 11.5. The number of hydrogen-bond donors (Lipinski definition) is 0. The molecule has 0 saturated heterocycles. The van der Waals surface area contributed by atoms with E-state index in [0.29, 0.717) is 3.63 Å². The van der Waals surface area contributed by atoms with Gasteiger partial charge in [-0.3, -0.25) is 0 Å². The van der Waals surface area contributed by atoms with Gasteiger partial charge in [0, 0.05) is 0 Å². The smallest absolute Gasteiger partial charge is 0.147 e. The summed E-state index contributed by atoms with van der Waals surface area (Å²) in [7, 11) is 0. The SMILES string of the molecule is CCCC1=CCC(c2cccc3c2[CH]([Zr]=[C](c2ccccc2)c2ccccc2)c2ccccc2-3)=C1.Cl.Cl. The minimum atomic E-state index is -1.09. The number of halogens is 2. The summed E-state index contributed by atoms with van der Waals surface area (Å²) in [6.45, 7) is 2.27. The Hall–Kier alpha value is -2.31. The predicted octanol–water partition coefficient (Wildman–Crippen LogP) is 9.47. The van der Waals surface area contributed by atoms with Crippen LogP contribution < -0.4 is 0 Å².